The summed E-state index contributed by atoms with van der Waals surface area (Å²) in [5.74, 6) is 0.314. The van der Waals surface area contributed by atoms with E-state index in [0.29, 0.717) is 18.0 Å². The van der Waals surface area contributed by atoms with E-state index < -0.39 is 6.17 Å². The van der Waals surface area contributed by atoms with E-state index in [1.807, 2.05) is 23.1 Å². The third-order valence-corrected chi connectivity index (χ3v) is 6.79. The Bertz CT molecular complexity index is 974. The summed E-state index contributed by atoms with van der Waals surface area (Å²) in [6.45, 7) is 5.07. The molecule has 0 aliphatic carbocycles. The third-order valence-electron chi connectivity index (χ3n) is 6.79. The fourth-order valence-electron chi connectivity index (χ4n) is 4.84. The Morgan fingerprint density at radius 1 is 1.15 bits per heavy atom. The van der Waals surface area contributed by atoms with Crippen molar-refractivity contribution in [1.82, 2.24) is 20.1 Å². The largest absolute Gasteiger partial charge is 0.349 e. The normalized spacial score (nSPS) is 17.9. The summed E-state index contributed by atoms with van der Waals surface area (Å²) in [7, 11) is 0. The number of nitrogens with zero attached hydrogens (tertiary/aromatic N) is 3. The van der Waals surface area contributed by atoms with E-state index >= 15 is 0 Å². The molecule has 176 valence electrons. The molecule has 1 atom stereocenters. The number of hydrogen-bond donors (Lipinski definition) is 1. The van der Waals surface area contributed by atoms with Gasteiger partial charge in [-0.3, -0.25) is 19.5 Å². The quantitative estimate of drug-likeness (QED) is 0.702. The van der Waals surface area contributed by atoms with Gasteiger partial charge in [0.2, 0.25) is 5.91 Å². The van der Waals surface area contributed by atoms with Crippen LogP contribution in [0.15, 0.2) is 42.6 Å². The van der Waals surface area contributed by atoms with Crippen molar-refractivity contribution in [1.29, 1.82) is 0 Å². The molecule has 1 unspecified atom stereocenters. The van der Waals surface area contributed by atoms with Crippen molar-refractivity contribution in [2.45, 2.75) is 45.3 Å². The number of piperidine rings is 1. The summed E-state index contributed by atoms with van der Waals surface area (Å²) < 4.78 is 14.6. The molecule has 2 amide bonds. The molecule has 1 aromatic carbocycles. The number of halogens is 1. The fraction of sp³-hybridized carbons (Fsp3) is 0.500. The van der Waals surface area contributed by atoms with Crippen LogP contribution in [0.4, 0.5) is 4.39 Å². The van der Waals surface area contributed by atoms with Gasteiger partial charge in [0.15, 0.2) is 0 Å². The molecule has 1 saturated heterocycles. The Balaban J connectivity index is 1.23. The summed E-state index contributed by atoms with van der Waals surface area (Å²) in [6.07, 6.45) is 4.14. The molecule has 33 heavy (non-hydrogen) atoms. The zero-order chi connectivity index (χ0) is 23.2. The van der Waals surface area contributed by atoms with E-state index in [9.17, 15) is 14.0 Å². The van der Waals surface area contributed by atoms with Gasteiger partial charge in [0, 0.05) is 57.1 Å². The average Bonchev–Trinajstić information content (AvgIpc) is 2.83. The zero-order valence-electron chi connectivity index (χ0n) is 19.3. The second-order valence-electron chi connectivity index (χ2n) is 9.25. The van der Waals surface area contributed by atoms with Crippen LogP contribution in [-0.2, 0) is 24.2 Å². The minimum atomic E-state index is -1.12. The van der Waals surface area contributed by atoms with Crippen LogP contribution < -0.4 is 5.32 Å². The first-order chi connectivity index (χ1) is 16.0. The van der Waals surface area contributed by atoms with Gasteiger partial charge in [-0.2, -0.15) is 0 Å². The molecule has 1 N–H and O–H groups in total. The molecule has 0 radical (unpaired) electrons. The molecule has 0 spiro atoms. The number of rotatable bonds is 7. The monoisotopic (exact) mass is 452 g/mol. The van der Waals surface area contributed by atoms with E-state index in [2.05, 4.69) is 27.3 Å². The number of fused-ring (bicyclic) bond motifs is 1. The predicted molar refractivity (Wildman–Crippen MR) is 126 cm³/mol. The number of pyridine rings is 1. The smallest absolute Gasteiger partial charge is 0.251 e. The summed E-state index contributed by atoms with van der Waals surface area (Å²) >= 11 is 0. The van der Waals surface area contributed by atoms with Gasteiger partial charge in [-0.1, -0.05) is 24.3 Å². The lowest BCUT2D eigenvalue weighted by Crippen LogP contribution is -2.40. The average molecular weight is 453 g/mol. The number of hydrogen-bond acceptors (Lipinski definition) is 4. The lowest BCUT2D eigenvalue weighted by atomic mass is 9.91. The molecule has 4 rings (SSSR count). The van der Waals surface area contributed by atoms with Gasteiger partial charge >= 0.3 is 0 Å². The molecular formula is C26H33FN4O2. The van der Waals surface area contributed by atoms with Gasteiger partial charge in [-0.15, -0.1) is 0 Å². The fourth-order valence-corrected chi connectivity index (χ4v) is 4.84. The molecule has 1 aromatic heterocycles. The molecule has 6 nitrogen and oxygen atoms in total. The topological polar surface area (TPSA) is 65.5 Å². The van der Waals surface area contributed by atoms with Crippen LogP contribution in [0, 0.1) is 5.92 Å². The lowest BCUT2D eigenvalue weighted by molar-refractivity contribution is -0.130. The first-order valence-corrected chi connectivity index (χ1v) is 11.9. The first kappa shape index (κ1) is 23.4. The van der Waals surface area contributed by atoms with Crippen LogP contribution in [0.3, 0.4) is 0 Å². The van der Waals surface area contributed by atoms with Crippen molar-refractivity contribution in [3.8, 4) is 0 Å². The van der Waals surface area contributed by atoms with E-state index in [-0.39, 0.29) is 18.4 Å². The van der Waals surface area contributed by atoms with Gasteiger partial charge in [0.25, 0.3) is 5.91 Å². The van der Waals surface area contributed by atoms with E-state index in [1.54, 1.807) is 19.2 Å². The molecule has 0 saturated carbocycles. The Labute approximate surface area is 195 Å². The van der Waals surface area contributed by atoms with Crippen molar-refractivity contribution < 1.29 is 14.0 Å². The Hall–Kier alpha value is -2.80. The minimum Gasteiger partial charge on any atom is -0.349 e. The van der Waals surface area contributed by atoms with E-state index in [4.69, 9.17) is 0 Å². The minimum absolute atomic E-state index is 0.00184. The van der Waals surface area contributed by atoms with Crippen LogP contribution in [0.2, 0.25) is 0 Å². The second-order valence-corrected chi connectivity index (χ2v) is 9.25. The van der Waals surface area contributed by atoms with Crippen molar-refractivity contribution in [2.24, 2.45) is 5.92 Å². The van der Waals surface area contributed by atoms with E-state index in [0.717, 1.165) is 57.6 Å². The number of alkyl halides is 1. The van der Waals surface area contributed by atoms with Gasteiger partial charge in [0.05, 0.1) is 6.54 Å². The highest BCUT2D eigenvalue weighted by Gasteiger charge is 2.22. The van der Waals surface area contributed by atoms with E-state index in [1.165, 1.54) is 11.1 Å². The van der Waals surface area contributed by atoms with Crippen LogP contribution in [-0.4, -0.2) is 65.5 Å². The first-order valence-electron chi connectivity index (χ1n) is 11.9. The molecule has 3 heterocycles. The predicted octanol–water partition coefficient (Wildman–Crippen LogP) is 3.01. The van der Waals surface area contributed by atoms with Crippen molar-refractivity contribution in [3.63, 3.8) is 0 Å². The SMILES string of the molecule is CC(=O)N1CCC(Cc2cc(C(=O)NCC(F)CN3CCc4ccccc4C3)ccn2)CC1. The third kappa shape index (κ3) is 6.38. The molecule has 7 heteroatoms. The summed E-state index contributed by atoms with van der Waals surface area (Å²) in [5, 5.41) is 2.74. The highest BCUT2D eigenvalue weighted by Crippen LogP contribution is 2.22. The maximum absolute atomic E-state index is 14.6. The second kappa shape index (κ2) is 10.9. The maximum Gasteiger partial charge on any atom is 0.251 e. The molecule has 1 fully saturated rings. The number of aromatic nitrogens is 1. The number of nitrogens with one attached hydrogen (secondary N) is 1. The standard InChI is InChI=1S/C26H33FN4O2/c1-19(32)31-12-7-20(8-13-31)14-25-15-22(6-10-28-25)26(33)29-16-24(27)18-30-11-9-21-4-2-3-5-23(21)17-30/h2-6,10,15,20,24H,7-9,11-14,16-18H2,1H3,(H,29,33). The number of carbonyl (C=O) groups excluding carboxylic acids is 2. The summed E-state index contributed by atoms with van der Waals surface area (Å²) in [5.41, 5.74) is 3.99. The van der Waals surface area contributed by atoms with Crippen LogP contribution in [0.5, 0.6) is 0 Å². The van der Waals surface area contributed by atoms with Gasteiger partial charge in [0.1, 0.15) is 6.17 Å². The molecule has 2 aliphatic heterocycles. The number of benzene rings is 1. The van der Waals surface area contributed by atoms with Crippen LogP contribution in [0.25, 0.3) is 0 Å². The zero-order valence-corrected chi connectivity index (χ0v) is 19.3. The van der Waals surface area contributed by atoms with Crippen LogP contribution in [0.1, 0.15) is 46.9 Å². The van der Waals surface area contributed by atoms with Crippen molar-refractivity contribution in [2.75, 3.05) is 32.7 Å². The van der Waals surface area contributed by atoms with Gasteiger partial charge in [-0.05, 0) is 54.9 Å². The van der Waals surface area contributed by atoms with Crippen LogP contribution >= 0.6 is 0 Å². The summed E-state index contributed by atoms with van der Waals surface area (Å²) in [6, 6.07) is 11.8. The van der Waals surface area contributed by atoms with Crippen molar-refractivity contribution in [3.05, 3.63) is 65.0 Å². The number of likely N-dealkylation sites (tertiary alicyclic amines) is 1. The molecule has 0 bridgehead atoms. The molecular weight excluding hydrogens is 419 g/mol. The number of carbonyl (C=O) groups is 2. The van der Waals surface area contributed by atoms with Gasteiger partial charge in [-0.25, -0.2) is 4.39 Å². The molecule has 2 aromatic rings. The molecule has 2 aliphatic rings. The Morgan fingerprint density at radius 3 is 2.67 bits per heavy atom. The number of amides is 2. The van der Waals surface area contributed by atoms with Gasteiger partial charge < -0.3 is 10.2 Å². The Kier molecular flexibility index (Phi) is 7.70. The highest BCUT2D eigenvalue weighted by atomic mass is 19.1. The van der Waals surface area contributed by atoms with Crippen molar-refractivity contribution >= 4 is 11.8 Å². The summed E-state index contributed by atoms with van der Waals surface area (Å²) in [4.78, 5) is 32.5. The lowest BCUT2D eigenvalue weighted by Gasteiger charge is -2.31. The Morgan fingerprint density at radius 2 is 1.91 bits per heavy atom. The maximum atomic E-state index is 14.6. The highest BCUT2D eigenvalue weighted by molar-refractivity contribution is 5.94.